The molecule has 0 spiro atoms. The first-order valence-electron chi connectivity index (χ1n) is 8.52. The van der Waals surface area contributed by atoms with Crippen molar-refractivity contribution in [3.05, 3.63) is 12.7 Å². The summed E-state index contributed by atoms with van der Waals surface area (Å²) in [6, 6.07) is 0. The second-order valence-electron chi connectivity index (χ2n) is 6.30. The van der Waals surface area contributed by atoms with Gasteiger partial charge in [-0.05, 0) is 0 Å². The van der Waals surface area contributed by atoms with E-state index >= 15 is 0 Å². The van der Waals surface area contributed by atoms with Gasteiger partial charge in [-0.3, -0.25) is 13.7 Å². The van der Waals surface area contributed by atoms with E-state index in [1.165, 1.54) is 19.8 Å². The molecule has 3 rings (SSSR count). The van der Waals surface area contributed by atoms with E-state index in [-0.39, 0.29) is 19.0 Å². The molecule has 0 saturated carbocycles. The summed E-state index contributed by atoms with van der Waals surface area (Å²) in [5.41, 5.74) is 6.71. The quantitative estimate of drug-likeness (QED) is 0.424. The SMILES string of the molecule is COCCO[C@H]1C(OP(C)(=O)O)[C@@H](COC)O[C@H]1n1cnc2c(N)ncnc21. The smallest absolute Gasteiger partial charge is 0.325 e. The fraction of sp³-hybridized carbons (Fsp3) is 0.667. The van der Waals surface area contributed by atoms with E-state index in [0.717, 1.165) is 6.66 Å². The molecule has 1 aliphatic heterocycles. The molecule has 12 nitrogen and oxygen atoms in total. The van der Waals surface area contributed by atoms with Gasteiger partial charge in [-0.15, -0.1) is 0 Å². The first-order valence-corrected chi connectivity index (χ1v) is 10.5. The van der Waals surface area contributed by atoms with Crippen LogP contribution in [0.5, 0.6) is 0 Å². The fourth-order valence-electron chi connectivity index (χ4n) is 3.08. The molecule has 0 aromatic carbocycles. The zero-order valence-electron chi connectivity index (χ0n) is 15.8. The van der Waals surface area contributed by atoms with Crippen molar-refractivity contribution >= 4 is 24.6 Å². The topological polar surface area (TPSA) is 153 Å². The minimum absolute atomic E-state index is 0.134. The second kappa shape index (κ2) is 8.78. The number of hydrogen-bond donors (Lipinski definition) is 2. The van der Waals surface area contributed by atoms with Crippen molar-refractivity contribution < 1.29 is 32.9 Å². The molecule has 0 radical (unpaired) electrons. The molecule has 0 bridgehead atoms. The molecule has 1 saturated heterocycles. The van der Waals surface area contributed by atoms with Crippen LogP contribution in [0.2, 0.25) is 0 Å². The minimum Gasteiger partial charge on any atom is -0.382 e. The van der Waals surface area contributed by atoms with E-state index in [9.17, 15) is 9.46 Å². The standard InChI is InChI=1S/C15H24N5O7P/c1-23-4-5-25-12-11(27-28(3,21)22)9(6-24-2)26-15(12)20-8-19-10-13(16)17-7-18-14(10)20/h7-9,11-12,15H,4-6H2,1-3H3,(H,21,22)(H2,16,17,18)/t9-,11?,12+,15-/m1/s1. The van der Waals surface area contributed by atoms with E-state index in [2.05, 4.69) is 15.0 Å². The highest BCUT2D eigenvalue weighted by molar-refractivity contribution is 7.51. The number of fused-ring (bicyclic) bond motifs is 1. The molecule has 2 aromatic rings. The Labute approximate surface area is 161 Å². The summed E-state index contributed by atoms with van der Waals surface area (Å²) in [7, 11) is -0.783. The molecule has 13 heteroatoms. The summed E-state index contributed by atoms with van der Waals surface area (Å²) in [5, 5.41) is 0. The zero-order valence-corrected chi connectivity index (χ0v) is 16.7. The van der Waals surface area contributed by atoms with Crippen LogP contribution in [0.25, 0.3) is 11.2 Å². The molecule has 2 unspecified atom stereocenters. The molecule has 0 amide bonds. The molecule has 1 aliphatic rings. The number of nitrogen functional groups attached to an aromatic ring is 1. The lowest BCUT2D eigenvalue weighted by atomic mass is 10.1. The lowest BCUT2D eigenvalue weighted by Gasteiger charge is -2.25. The van der Waals surface area contributed by atoms with Gasteiger partial charge >= 0.3 is 7.60 Å². The van der Waals surface area contributed by atoms with E-state index in [0.29, 0.717) is 17.8 Å². The fourth-order valence-corrected chi connectivity index (χ4v) is 3.79. The highest BCUT2D eigenvalue weighted by atomic mass is 31.2. The van der Waals surface area contributed by atoms with Crippen LogP contribution in [0.1, 0.15) is 6.23 Å². The molecule has 3 N–H and O–H groups in total. The van der Waals surface area contributed by atoms with Crippen molar-refractivity contribution in [2.24, 2.45) is 0 Å². The average Bonchev–Trinajstić information content (AvgIpc) is 3.18. The Morgan fingerprint density at radius 2 is 2.04 bits per heavy atom. The van der Waals surface area contributed by atoms with Crippen molar-refractivity contribution in [2.45, 2.75) is 24.5 Å². The Kier molecular flexibility index (Phi) is 6.61. The summed E-state index contributed by atoms with van der Waals surface area (Å²) in [5.74, 6) is 0.230. The number of hydrogen-bond acceptors (Lipinski definition) is 10. The number of aromatic nitrogens is 4. The number of imidazole rings is 1. The summed E-state index contributed by atoms with van der Waals surface area (Å²) in [6.45, 7) is 1.80. The number of anilines is 1. The van der Waals surface area contributed by atoms with Gasteiger partial charge in [-0.25, -0.2) is 15.0 Å². The first-order chi connectivity index (χ1) is 13.4. The van der Waals surface area contributed by atoms with Crippen molar-refractivity contribution in [1.29, 1.82) is 0 Å². The van der Waals surface area contributed by atoms with Crippen LogP contribution in [0, 0.1) is 0 Å². The number of nitrogens with two attached hydrogens (primary N) is 1. The molecule has 28 heavy (non-hydrogen) atoms. The predicted octanol–water partition coefficient (Wildman–Crippen LogP) is 0.184. The van der Waals surface area contributed by atoms with Crippen molar-refractivity contribution in [1.82, 2.24) is 19.5 Å². The Morgan fingerprint density at radius 1 is 1.25 bits per heavy atom. The number of ether oxygens (including phenoxy) is 4. The van der Waals surface area contributed by atoms with Gasteiger partial charge in [-0.1, -0.05) is 0 Å². The lowest BCUT2D eigenvalue weighted by molar-refractivity contribution is -0.0791. The summed E-state index contributed by atoms with van der Waals surface area (Å²) >= 11 is 0. The van der Waals surface area contributed by atoms with Crippen LogP contribution in [-0.2, 0) is 28.0 Å². The molecule has 2 aromatic heterocycles. The van der Waals surface area contributed by atoms with Crippen molar-refractivity contribution in [3.63, 3.8) is 0 Å². The molecular formula is C15H24N5O7P. The van der Waals surface area contributed by atoms with Gasteiger partial charge in [0, 0.05) is 20.9 Å². The Bertz CT molecular complexity index is 843. The lowest BCUT2D eigenvalue weighted by Crippen LogP contribution is -2.38. The van der Waals surface area contributed by atoms with E-state index in [1.807, 2.05) is 0 Å². The van der Waals surface area contributed by atoms with Gasteiger partial charge in [0.25, 0.3) is 0 Å². The van der Waals surface area contributed by atoms with E-state index < -0.39 is 32.1 Å². The Balaban J connectivity index is 1.98. The minimum atomic E-state index is -3.83. The van der Waals surface area contributed by atoms with Gasteiger partial charge < -0.3 is 29.6 Å². The van der Waals surface area contributed by atoms with Crippen LogP contribution in [-0.4, -0.2) is 83.4 Å². The second-order valence-corrected chi connectivity index (χ2v) is 8.12. The van der Waals surface area contributed by atoms with Crippen molar-refractivity contribution in [3.8, 4) is 0 Å². The van der Waals surface area contributed by atoms with Gasteiger partial charge in [0.05, 0.1) is 26.1 Å². The van der Waals surface area contributed by atoms with E-state index in [4.69, 9.17) is 29.2 Å². The molecule has 3 heterocycles. The van der Waals surface area contributed by atoms with Crippen LogP contribution >= 0.6 is 7.60 Å². The third kappa shape index (κ3) is 4.49. The third-order valence-corrected chi connectivity index (χ3v) is 4.83. The normalized spacial score (nSPS) is 27.3. The van der Waals surface area contributed by atoms with Crippen LogP contribution in [0.4, 0.5) is 5.82 Å². The third-order valence-electron chi connectivity index (χ3n) is 4.19. The molecule has 1 fully saturated rings. The Morgan fingerprint density at radius 3 is 2.71 bits per heavy atom. The van der Waals surface area contributed by atoms with Gasteiger partial charge in [0.2, 0.25) is 0 Å². The van der Waals surface area contributed by atoms with Crippen LogP contribution < -0.4 is 5.73 Å². The number of nitrogens with zero attached hydrogens (tertiary/aromatic N) is 4. The van der Waals surface area contributed by atoms with Crippen LogP contribution in [0.15, 0.2) is 12.7 Å². The summed E-state index contributed by atoms with van der Waals surface area (Å²) in [6.07, 6.45) is -0.180. The van der Waals surface area contributed by atoms with E-state index in [1.54, 1.807) is 11.7 Å². The Hall–Kier alpha value is -1.66. The van der Waals surface area contributed by atoms with Gasteiger partial charge in [0.1, 0.15) is 30.2 Å². The maximum Gasteiger partial charge on any atom is 0.325 e. The maximum absolute atomic E-state index is 11.9. The highest BCUT2D eigenvalue weighted by Crippen LogP contribution is 2.45. The summed E-state index contributed by atoms with van der Waals surface area (Å²) < 4.78 is 41.2. The van der Waals surface area contributed by atoms with Gasteiger partial charge in [-0.2, -0.15) is 0 Å². The zero-order chi connectivity index (χ0) is 20.3. The largest absolute Gasteiger partial charge is 0.382 e. The first kappa shape index (κ1) is 21.1. The number of methoxy groups -OCH3 is 2. The molecule has 5 atom stereocenters. The highest BCUT2D eigenvalue weighted by Gasteiger charge is 2.49. The van der Waals surface area contributed by atoms with Gasteiger partial charge in [0.15, 0.2) is 17.7 Å². The molecule has 0 aliphatic carbocycles. The van der Waals surface area contributed by atoms with Crippen LogP contribution in [0.3, 0.4) is 0 Å². The molecular weight excluding hydrogens is 393 g/mol. The van der Waals surface area contributed by atoms with Crippen molar-refractivity contribution in [2.75, 3.05) is 46.4 Å². The summed E-state index contributed by atoms with van der Waals surface area (Å²) in [4.78, 5) is 22.2. The predicted molar refractivity (Wildman–Crippen MR) is 97.8 cm³/mol. The number of rotatable bonds is 9. The molecule has 156 valence electrons. The maximum atomic E-state index is 11.9. The average molecular weight is 417 g/mol. The monoisotopic (exact) mass is 417 g/mol.